The summed E-state index contributed by atoms with van der Waals surface area (Å²) in [5.41, 5.74) is 4.19. The molecule has 1 fully saturated rings. The van der Waals surface area contributed by atoms with E-state index < -0.39 is 12.1 Å². The molecule has 1 aliphatic heterocycles. The van der Waals surface area contributed by atoms with Crippen LogP contribution in [0.3, 0.4) is 0 Å². The lowest BCUT2D eigenvalue weighted by atomic mass is 9.93. The van der Waals surface area contributed by atoms with E-state index in [1.54, 1.807) is 7.11 Å². The number of likely N-dealkylation sites (tertiary alicyclic amines) is 1. The predicted octanol–water partition coefficient (Wildman–Crippen LogP) is 5.47. The highest BCUT2D eigenvalue weighted by atomic mass is 19.1. The summed E-state index contributed by atoms with van der Waals surface area (Å²) < 4.78 is 19.5. The van der Waals surface area contributed by atoms with Crippen molar-refractivity contribution in [3.63, 3.8) is 0 Å². The van der Waals surface area contributed by atoms with Gasteiger partial charge in [0.25, 0.3) is 0 Å². The van der Waals surface area contributed by atoms with Gasteiger partial charge >= 0.3 is 5.97 Å². The molecule has 4 rings (SSSR count). The van der Waals surface area contributed by atoms with Crippen molar-refractivity contribution in [1.29, 1.82) is 0 Å². The lowest BCUT2D eigenvalue weighted by molar-refractivity contribution is -0.136. The Labute approximate surface area is 182 Å². The Bertz CT molecular complexity index is 1080. The third-order valence-electron chi connectivity index (χ3n) is 6.03. The molecule has 1 saturated heterocycles. The second kappa shape index (κ2) is 9.48. The van der Waals surface area contributed by atoms with Crippen molar-refractivity contribution in [3.05, 3.63) is 65.7 Å². The van der Waals surface area contributed by atoms with E-state index in [4.69, 9.17) is 9.84 Å². The smallest absolute Gasteiger partial charge is 0.303 e. The van der Waals surface area contributed by atoms with E-state index in [1.165, 1.54) is 0 Å². The minimum Gasteiger partial charge on any atom is -0.496 e. The number of carboxylic acid groups (broad SMARTS) is 1. The van der Waals surface area contributed by atoms with Crippen molar-refractivity contribution < 1.29 is 19.0 Å². The molecule has 4 nitrogen and oxygen atoms in total. The van der Waals surface area contributed by atoms with Crippen LogP contribution in [0.4, 0.5) is 4.39 Å². The molecule has 0 saturated carbocycles. The van der Waals surface area contributed by atoms with Crippen LogP contribution in [0, 0.1) is 0 Å². The van der Waals surface area contributed by atoms with Gasteiger partial charge in [-0.2, -0.15) is 0 Å². The summed E-state index contributed by atoms with van der Waals surface area (Å²) in [5, 5.41) is 11.2. The number of hydrogen-bond acceptors (Lipinski definition) is 3. The Kier molecular flexibility index (Phi) is 6.52. The molecule has 3 aromatic carbocycles. The van der Waals surface area contributed by atoms with Crippen LogP contribution in [0.1, 0.15) is 30.4 Å². The van der Waals surface area contributed by atoms with E-state index in [-0.39, 0.29) is 6.42 Å². The van der Waals surface area contributed by atoms with Crippen molar-refractivity contribution in [3.8, 4) is 16.9 Å². The molecule has 1 heterocycles. The molecule has 1 atom stereocenters. The second-order valence-electron chi connectivity index (χ2n) is 8.22. The third-order valence-corrected chi connectivity index (χ3v) is 6.03. The molecule has 0 aliphatic carbocycles. The fourth-order valence-corrected chi connectivity index (χ4v) is 4.53. The minimum atomic E-state index is -0.793. The highest BCUT2D eigenvalue weighted by molar-refractivity contribution is 5.99. The topological polar surface area (TPSA) is 49.8 Å². The average Bonchev–Trinajstić information content (AvgIpc) is 2.77. The number of ether oxygens (including phenoxy) is 1. The Hall–Kier alpha value is -2.92. The number of alkyl halides is 1. The van der Waals surface area contributed by atoms with Crippen LogP contribution >= 0.6 is 0 Å². The number of carboxylic acids is 1. The molecule has 1 N–H and O–H groups in total. The molecule has 5 heteroatoms. The Morgan fingerprint density at radius 3 is 2.71 bits per heavy atom. The maximum Gasteiger partial charge on any atom is 0.303 e. The molecular formula is C26H28FNO3. The summed E-state index contributed by atoms with van der Waals surface area (Å²) in [6, 6.07) is 18.4. The Morgan fingerprint density at radius 1 is 1.13 bits per heavy atom. The van der Waals surface area contributed by atoms with Crippen molar-refractivity contribution in [2.75, 3.05) is 20.2 Å². The first-order valence-corrected chi connectivity index (χ1v) is 10.8. The SMILES string of the molecule is COc1cc(CN2CCCC(F)C2)ccc1-c1cccc2c(CCC(=O)O)cccc12. The van der Waals surface area contributed by atoms with Gasteiger partial charge in [-0.1, -0.05) is 48.5 Å². The first-order valence-electron chi connectivity index (χ1n) is 10.8. The van der Waals surface area contributed by atoms with Gasteiger partial charge in [0.2, 0.25) is 0 Å². The van der Waals surface area contributed by atoms with Gasteiger partial charge in [-0.05, 0) is 59.3 Å². The fraction of sp³-hybridized carbons (Fsp3) is 0.346. The van der Waals surface area contributed by atoms with E-state index in [0.717, 1.165) is 51.7 Å². The van der Waals surface area contributed by atoms with Gasteiger partial charge in [-0.25, -0.2) is 4.39 Å². The first kappa shape index (κ1) is 21.3. The molecule has 162 valence electrons. The summed E-state index contributed by atoms with van der Waals surface area (Å²) in [4.78, 5) is 13.2. The first-order chi connectivity index (χ1) is 15.0. The van der Waals surface area contributed by atoms with Crippen molar-refractivity contribution in [1.82, 2.24) is 4.90 Å². The standard InChI is InChI=1S/C26H28FNO3/c1-31-25-15-18(16-28-14-4-6-20(27)17-28)10-12-24(25)23-9-3-7-21-19(11-13-26(29)30)5-2-8-22(21)23/h2-3,5,7-10,12,15,20H,4,6,11,13-14,16-17H2,1H3,(H,29,30). The van der Waals surface area contributed by atoms with Gasteiger partial charge in [0.1, 0.15) is 11.9 Å². The number of carbonyl (C=O) groups is 1. The number of aryl methyl sites for hydroxylation is 1. The Balaban J connectivity index is 1.67. The lowest BCUT2D eigenvalue weighted by Gasteiger charge is -2.29. The fourth-order valence-electron chi connectivity index (χ4n) is 4.53. The van der Waals surface area contributed by atoms with E-state index in [1.807, 2.05) is 30.3 Å². The molecule has 0 radical (unpaired) electrons. The zero-order valence-corrected chi connectivity index (χ0v) is 17.8. The maximum absolute atomic E-state index is 13.7. The van der Waals surface area contributed by atoms with Gasteiger partial charge in [-0.15, -0.1) is 0 Å². The van der Waals surface area contributed by atoms with E-state index in [0.29, 0.717) is 25.9 Å². The zero-order chi connectivity index (χ0) is 21.8. The molecule has 0 bridgehead atoms. The summed E-state index contributed by atoms with van der Waals surface area (Å²) in [5.74, 6) is -0.00653. The molecule has 1 aliphatic rings. The van der Waals surface area contributed by atoms with Crippen LogP contribution in [0.2, 0.25) is 0 Å². The number of halogens is 1. The normalized spacial score (nSPS) is 17.0. The zero-order valence-electron chi connectivity index (χ0n) is 17.8. The van der Waals surface area contributed by atoms with Gasteiger partial charge in [0.05, 0.1) is 7.11 Å². The van der Waals surface area contributed by atoms with Crippen molar-refractivity contribution in [2.45, 2.75) is 38.4 Å². The van der Waals surface area contributed by atoms with Crippen LogP contribution in [0.15, 0.2) is 54.6 Å². The van der Waals surface area contributed by atoms with Crippen LogP contribution in [0.5, 0.6) is 5.75 Å². The van der Waals surface area contributed by atoms with Crippen LogP contribution < -0.4 is 4.74 Å². The second-order valence-corrected chi connectivity index (χ2v) is 8.22. The Morgan fingerprint density at radius 2 is 1.94 bits per heavy atom. The minimum absolute atomic E-state index is 0.109. The molecule has 1 unspecified atom stereocenters. The largest absolute Gasteiger partial charge is 0.496 e. The van der Waals surface area contributed by atoms with Crippen LogP contribution in [-0.2, 0) is 17.8 Å². The molecule has 3 aromatic rings. The third kappa shape index (κ3) is 4.88. The number of piperidine rings is 1. The summed E-state index contributed by atoms with van der Waals surface area (Å²) in [6.07, 6.45) is 1.43. The summed E-state index contributed by atoms with van der Waals surface area (Å²) in [7, 11) is 1.67. The quantitative estimate of drug-likeness (QED) is 0.550. The van der Waals surface area contributed by atoms with Gasteiger partial charge in [0.15, 0.2) is 0 Å². The molecule has 31 heavy (non-hydrogen) atoms. The van der Waals surface area contributed by atoms with Crippen molar-refractivity contribution in [2.24, 2.45) is 0 Å². The highest BCUT2D eigenvalue weighted by Crippen LogP contribution is 2.37. The average molecular weight is 422 g/mol. The van der Waals surface area contributed by atoms with Crippen LogP contribution in [0.25, 0.3) is 21.9 Å². The number of methoxy groups -OCH3 is 1. The number of aliphatic carboxylic acids is 1. The molecule has 0 aromatic heterocycles. The van der Waals surface area contributed by atoms with Gasteiger partial charge in [0, 0.05) is 25.1 Å². The summed E-state index contributed by atoms with van der Waals surface area (Å²) >= 11 is 0. The summed E-state index contributed by atoms with van der Waals surface area (Å²) in [6.45, 7) is 2.13. The molecule has 0 spiro atoms. The van der Waals surface area contributed by atoms with E-state index in [9.17, 15) is 9.18 Å². The number of nitrogens with zero attached hydrogens (tertiary/aromatic N) is 1. The number of fused-ring (bicyclic) bond motifs is 1. The molecular weight excluding hydrogens is 393 g/mol. The number of rotatable bonds is 7. The van der Waals surface area contributed by atoms with Gasteiger partial charge in [-0.3, -0.25) is 9.69 Å². The molecule has 0 amide bonds. The highest BCUT2D eigenvalue weighted by Gasteiger charge is 2.20. The monoisotopic (exact) mass is 421 g/mol. The number of benzene rings is 3. The maximum atomic E-state index is 13.7. The predicted molar refractivity (Wildman–Crippen MR) is 121 cm³/mol. The van der Waals surface area contributed by atoms with Crippen molar-refractivity contribution >= 4 is 16.7 Å². The van der Waals surface area contributed by atoms with E-state index >= 15 is 0 Å². The van der Waals surface area contributed by atoms with E-state index in [2.05, 4.69) is 29.2 Å². The van der Waals surface area contributed by atoms with Gasteiger partial charge < -0.3 is 9.84 Å². The number of hydrogen-bond donors (Lipinski definition) is 1. The lowest BCUT2D eigenvalue weighted by Crippen LogP contribution is -2.35. The van der Waals surface area contributed by atoms with Crippen LogP contribution in [-0.4, -0.2) is 42.3 Å².